The Morgan fingerprint density at radius 2 is 2.33 bits per heavy atom. The number of nitrogens with one attached hydrogen (secondary N) is 1. The van der Waals surface area contributed by atoms with Crippen molar-refractivity contribution < 1.29 is 4.79 Å². The van der Waals surface area contributed by atoms with Gasteiger partial charge in [0.25, 0.3) is 5.91 Å². The number of aryl methyl sites for hydroxylation is 1. The Kier molecular flexibility index (Phi) is 2.15. The summed E-state index contributed by atoms with van der Waals surface area (Å²) < 4.78 is 0. The lowest BCUT2D eigenvalue weighted by Crippen LogP contribution is -1.90. The Balaban J connectivity index is 2.66. The van der Waals surface area contributed by atoms with Crippen LogP contribution in [-0.2, 0) is 0 Å². The van der Waals surface area contributed by atoms with Gasteiger partial charge in [-0.1, -0.05) is 11.6 Å². The van der Waals surface area contributed by atoms with E-state index in [1.165, 1.54) is 0 Å². The minimum atomic E-state index is -0.561. The van der Waals surface area contributed by atoms with Crippen LogP contribution in [0.25, 0.3) is 21.3 Å². The lowest BCUT2D eigenvalue weighted by Gasteiger charge is -1.94. The third-order valence-electron chi connectivity index (χ3n) is 2.20. The largest absolute Gasteiger partial charge is 0.360 e. The van der Waals surface area contributed by atoms with Crippen molar-refractivity contribution in [3.63, 3.8) is 0 Å². The second-order valence-electron chi connectivity index (χ2n) is 3.25. The average molecular weight is 200 g/mol. The van der Waals surface area contributed by atoms with Crippen LogP contribution < -0.4 is 0 Å². The molecule has 5 nitrogen and oxygen atoms in total. The van der Waals surface area contributed by atoms with Crippen LogP contribution in [0.5, 0.6) is 0 Å². The van der Waals surface area contributed by atoms with E-state index in [2.05, 4.69) is 15.0 Å². The van der Waals surface area contributed by atoms with Crippen molar-refractivity contribution in [2.75, 3.05) is 0 Å². The van der Waals surface area contributed by atoms with Gasteiger partial charge in [-0.2, -0.15) is 0 Å². The highest BCUT2D eigenvalue weighted by Crippen LogP contribution is 2.20. The number of hydrogen-bond donors (Lipinski definition) is 1. The van der Waals surface area contributed by atoms with Gasteiger partial charge in [-0.3, -0.25) is 4.79 Å². The highest BCUT2D eigenvalue weighted by atomic mass is 16.1. The Hall–Kier alpha value is -2.26. The molecule has 0 saturated carbocycles. The third kappa shape index (κ3) is 1.56. The molecule has 0 fully saturated rings. The summed E-state index contributed by atoms with van der Waals surface area (Å²) in [6.45, 7) is 1.94. The van der Waals surface area contributed by atoms with Crippen molar-refractivity contribution in [2.45, 2.75) is 6.92 Å². The van der Waals surface area contributed by atoms with Gasteiger partial charge in [-0.05, 0) is 29.7 Å². The SMILES string of the molecule is Cc1ccc2[nH]cc(C(=O)N=[N+]=[N-])c2c1. The number of nitrogens with zero attached hydrogens (tertiary/aromatic N) is 3. The van der Waals surface area contributed by atoms with Crippen molar-refractivity contribution in [2.24, 2.45) is 5.11 Å². The Morgan fingerprint density at radius 3 is 3.07 bits per heavy atom. The minimum absolute atomic E-state index is 0.409. The zero-order chi connectivity index (χ0) is 10.8. The van der Waals surface area contributed by atoms with Gasteiger partial charge in [0.15, 0.2) is 0 Å². The lowest BCUT2D eigenvalue weighted by molar-refractivity contribution is 0.100. The molecule has 74 valence electrons. The Morgan fingerprint density at radius 1 is 1.53 bits per heavy atom. The minimum Gasteiger partial charge on any atom is -0.360 e. The molecule has 0 aliphatic carbocycles. The number of azide groups is 1. The molecule has 0 unspecified atom stereocenters. The Bertz CT molecular complexity index is 578. The fraction of sp³-hybridized carbons (Fsp3) is 0.100. The number of benzene rings is 1. The molecule has 1 aromatic carbocycles. The van der Waals surface area contributed by atoms with E-state index in [4.69, 9.17) is 5.53 Å². The van der Waals surface area contributed by atoms with E-state index >= 15 is 0 Å². The molecule has 0 aliphatic rings. The number of amides is 1. The molecule has 1 aromatic heterocycles. The highest BCUT2D eigenvalue weighted by Gasteiger charge is 2.09. The van der Waals surface area contributed by atoms with Crippen LogP contribution in [0.4, 0.5) is 0 Å². The zero-order valence-electron chi connectivity index (χ0n) is 8.06. The number of hydrogen-bond acceptors (Lipinski definition) is 1. The molecule has 0 spiro atoms. The number of aromatic amines is 1. The van der Waals surface area contributed by atoms with Gasteiger partial charge in [-0.25, -0.2) is 0 Å². The van der Waals surface area contributed by atoms with Crippen molar-refractivity contribution in [3.05, 3.63) is 46.0 Å². The maximum atomic E-state index is 11.4. The monoisotopic (exact) mass is 200 g/mol. The van der Waals surface area contributed by atoms with Gasteiger partial charge in [0.2, 0.25) is 0 Å². The molecule has 1 heterocycles. The van der Waals surface area contributed by atoms with Crippen molar-refractivity contribution in [3.8, 4) is 0 Å². The van der Waals surface area contributed by atoms with E-state index in [9.17, 15) is 4.79 Å². The number of fused-ring (bicyclic) bond motifs is 1. The maximum Gasteiger partial charge on any atom is 0.251 e. The predicted octanol–water partition coefficient (Wildman–Crippen LogP) is 2.93. The van der Waals surface area contributed by atoms with Crippen LogP contribution in [0.1, 0.15) is 15.9 Å². The van der Waals surface area contributed by atoms with Gasteiger partial charge in [0, 0.05) is 27.6 Å². The smallest absolute Gasteiger partial charge is 0.251 e. The summed E-state index contributed by atoms with van der Waals surface area (Å²) in [6.07, 6.45) is 1.56. The number of aromatic nitrogens is 1. The molecular weight excluding hydrogens is 192 g/mol. The molecule has 0 atom stereocenters. The number of carbonyl (C=O) groups excluding carboxylic acids is 1. The van der Waals surface area contributed by atoms with Crippen LogP contribution in [0.15, 0.2) is 29.5 Å². The number of carbonyl (C=O) groups is 1. The van der Waals surface area contributed by atoms with E-state index in [1.54, 1.807) is 6.20 Å². The van der Waals surface area contributed by atoms with Crippen LogP contribution >= 0.6 is 0 Å². The molecule has 0 saturated heterocycles. The molecule has 0 aliphatic heterocycles. The first-order valence-corrected chi connectivity index (χ1v) is 4.39. The van der Waals surface area contributed by atoms with Crippen molar-refractivity contribution in [1.29, 1.82) is 0 Å². The second kappa shape index (κ2) is 3.48. The first kappa shape index (κ1) is 9.30. The molecule has 5 heteroatoms. The molecule has 1 amide bonds. The van der Waals surface area contributed by atoms with E-state index < -0.39 is 5.91 Å². The van der Waals surface area contributed by atoms with Gasteiger partial charge in [-0.15, -0.1) is 0 Å². The standard InChI is InChI=1S/C10H8N4O/c1-6-2-3-9-7(4-6)8(5-12-9)10(15)13-14-11/h2-5,12H,1H3. The van der Waals surface area contributed by atoms with Gasteiger partial charge in [0.05, 0.1) is 0 Å². The van der Waals surface area contributed by atoms with E-state index in [0.717, 1.165) is 16.5 Å². The van der Waals surface area contributed by atoms with E-state index in [-0.39, 0.29) is 0 Å². The van der Waals surface area contributed by atoms with Crippen molar-refractivity contribution >= 4 is 16.8 Å². The zero-order valence-corrected chi connectivity index (χ0v) is 8.06. The summed E-state index contributed by atoms with van der Waals surface area (Å²) in [5, 5.41) is 3.85. The second-order valence-corrected chi connectivity index (χ2v) is 3.25. The van der Waals surface area contributed by atoms with Gasteiger partial charge in [0.1, 0.15) is 0 Å². The first-order chi connectivity index (χ1) is 7.22. The Labute approximate surface area is 85.3 Å². The topological polar surface area (TPSA) is 81.6 Å². The maximum absolute atomic E-state index is 11.4. The van der Waals surface area contributed by atoms with Crippen LogP contribution in [0.3, 0.4) is 0 Å². The van der Waals surface area contributed by atoms with Crippen molar-refractivity contribution in [1.82, 2.24) is 4.98 Å². The molecule has 2 rings (SSSR count). The number of H-pyrrole nitrogens is 1. The highest BCUT2D eigenvalue weighted by molar-refractivity contribution is 6.07. The average Bonchev–Trinajstić information content (AvgIpc) is 2.60. The summed E-state index contributed by atoms with van der Waals surface area (Å²) >= 11 is 0. The molecule has 2 aromatic rings. The summed E-state index contributed by atoms with van der Waals surface area (Å²) in [7, 11) is 0. The fourth-order valence-corrected chi connectivity index (χ4v) is 1.51. The third-order valence-corrected chi connectivity index (χ3v) is 2.20. The molecule has 0 radical (unpaired) electrons. The van der Waals surface area contributed by atoms with Gasteiger partial charge < -0.3 is 4.98 Å². The molecule has 15 heavy (non-hydrogen) atoms. The lowest BCUT2D eigenvalue weighted by atomic mass is 10.1. The molecule has 1 N–H and O–H groups in total. The summed E-state index contributed by atoms with van der Waals surface area (Å²) in [4.78, 5) is 16.8. The van der Waals surface area contributed by atoms with E-state index in [1.807, 2.05) is 25.1 Å². The molecule has 0 bridgehead atoms. The van der Waals surface area contributed by atoms with Crippen LogP contribution in [-0.4, -0.2) is 10.9 Å². The molecular formula is C10H8N4O. The first-order valence-electron chi connectivity index (χ1n) is 4.39. The van der Waals surface area contributed by atoms with Crippen LogP contribution in [0.2, 0.25) is 0 Å². The van der Waals surface area contributed by atoms with Crippen LogP contribution in [0, 0.1) is 6.92 Å². The normalized spacial score (nSPS) is 9.93. The summed E-state index contributed by atoms with van der Waals surface area (Å²) in [6, 6.07) is 5.71. The predicted molar refractivity (Wildman–Crippen MR) is 56.5 cm³/mol. The van der Waals surface area contributed by atoms with E-state index in [0.29, 0.717) is 5.56 Å². The number of rotatable bonds is 1. The van der Waals surface area contributed by atoms with Gasteiger partial charge >= 0.3 is 0 Å². The quantitative estimate of drug-likeness (QED) is 0.428. The summed E-state index contributed by atoms with van der Waals surface area (Å²) in [5.41, 5.74) is 10.5. The fourth-order valence-electron chi connectivity index (χ4n) is 1.51. The summed E-state index contributed by atoms with van der Waals surface area (Å²) in [5.74, 6) is -0.561.